The van der Waals surface area contributed by atoms with Crippen molar-refractivity contribution in [3.63, 3.8) is 0 Å². The highest BCUT2D eigenvalue weighted by Crippen LogP contribution is 2.36. The van der Waals surface area contributed by atoms with Crippen LogP contribution in [0.2, 0.25) is 0 Å². The number of benzene rings is 1. The van der Waals surface area contributed by atoms with Crippen molar-refractivity contribution in [3.05, 3.63) is 72.6 Å². The molecule has 0 bridgehead atoms. The normalized spacial score (nSPS) is 10.8. The number of imidazole rings is 1. The Hall–Kier alpha value is -3.72. The van der Waals surface area contributed by atoms with E-state index < -0.39 is 0 Å². The first-order valence-electron chi connectivity index (χ1n) is 7.96. The maximum atomic E-state index is 13.3. The number of H-pyrrole nitrogens is 1. The summed E-state index contributed by atoms with van der Waals surface area (Å²) in [5.74, 6) is -0.298. The molecule has 0 radical (unpaired) electrons. The lowest BCUT2D eigenvalue weighted by Crippen LogP contribution is -1.92. The van der Waals surface area contributed by atoms with Crippen LogP contribution in [-0.2, 0) is 0 Å². The number of pyridine rings is 1. The van der Waals surface area contributed by atoms with Crippen LogP contribution in [0.25, 0.3) is 33.6 Å². The molecular weight excluding hydrogens is 329 g/mol. The molecule has 1 N–H and O–H groups in total. The second-order valence-electron chi connectivity index (χ2n) is 6.01. The Kier molecular flexibility index (Phi) is 3.63. The van der Waals surface area contributed by atoms with Crippen LogP contribution in [-0.4, -0.2) is 19.6 Å². The van der Waals surface area contributed by atoms with Crippen molar-refractivity contribution in [2.75, 3.05) is 0 Å². The fourth-order valence-corrected chi connectivity index (χ4v) is 2.97. The van der Waals surface area contributed by atoms with Crippen molar-refractivity contribution < 1.29 is 4.39 Å². The molecule has 3 aromatic heterocycles. The Bertz CT molecular complexity index is 1180. The molecule has 4 rings (SSSR count). The Morgan fingerprint density at radius 3 is 2.62 bits per heavy atom. The van der Waals surface area contributed by atoms with Crippen molar-refractivity contribution in [1.82, 2.24) is 19.6 Å². The fraction of sp³-hybridized carbons (Fsp3) is 0.0500. The summed E-state index contributed by atoms with van der Waals surface area (Å²) >= 11 is 0. The molecule has 26 heavy (non-hydrogen) atoms. The van der Waals surface area contributed by atoms with E-state index in [4.69, 9.17) is 0 Å². The number of aromatic nitrogens is 4. The van der Waals surface area contributed by atoms with Crippen LogP contribution in [0.1, 0.15) is 18.3 Å². The number of rotatable bonds is 3. The summed E-state index contributed by atoms with van der Waals surface area (Å²) in [7, 11) is 0. The minimum absolute atomic E-state index is 0.298. The molecular formula is C20H14FN5. The van der Waals surface area contributed by atoms with Crippen molar-refractivity contribution in [1.29, 1.82) is 5.26 Å². The van der Waals surface area contributed by atoms with E-state index in [1.165, 1.54) is 18.3 Å². The molecule has 0 saturated heterocycles. The Balaban J connectivity index is 1.98. The van der Waals surface area contributed by atoms with Gasteiger partial charge in [-0.25, -0.2) is 9.37 Å². The van der Waals surface area contributed by atoms with Crippen LogP contribution < -0.4 is 0 Å². The summed E-state index contributed by atoms with van der Waals surface area (Å²) < 4.78 is 15.0. The molecule has 0 unspecified atom stereocenters. The van der Waals surface area contributed by atoms with Gasteiger partial charge < -0.3 is 0 Å². The topological polar surface area (TPSA) is 69.8 Å². The van der Waals surface area contributed by atoms with E-state index >= 15 is 0 Å². The fourth-order valence-electron chi connectivity index (χ4n) is 2.97. The monoisotopic (exact) mass is 343 g/mol. The second-order valence-corrected chi connectivity index (χ2v) is 6.01. The van der Waals surface area contributed by atoms with Gasteiger partial charge in [-0.3, -0.25) is 9.50 Å². The SMILES string of the molecule is C=C(C)c1n[nH]c(-c2ccc(F)cc2)c1-c1ccc2ncc(C#N)n2c1. The van der Waals surface area contributed by atoms with Gasteiger partial charge in [0.05, 0.1) is 17.6 Å². The second kappa shape index (κ2) is 5.97. The number of allylic oxidation sites excluding steroid dienone is 1. The minimum atomic E-state index is -0.298. The van der Waals surface area contributed by atoms with E-state index in [1.54, 1.807) is 16.5 Å². The number of aromatic amines is 1. The molecule has 4 aromatic rings. The lowest BCUT2D eigenvalue weighted by atomic mass is 9.98. The summed E-state index contributed by atoms with van der Waals surface area (Å²) in [4.78, 5) is 4.22. The van der Waals surface area contributed by atoms with Crippen molar-refractivity contribution >= 4 is 11.2 Å². The van der Waals surface area contributed by atoms with Gasteiger partial charge in [-0.2, -0.15) is 10.4 Å². The molecule has 0 fully saturated rings. The van der Waals surface area contributed by atoms with E-state index in [0.717, 1.165) is 33.7 Å². The molecule has 0 saturated carbocycles. The average Bonchev–Trinajstić information content (AvgIpc) is 3.25. The van der Waals surface area contributed by atoms with Crippen molar-refractivity contribution in [2.24, 2.45) is 0 Å². The third kappa shape index (κ3) is 2.47. The Labute approximate surface area is 149 Å². The number of hydrogen-bond acceptors (Lipinski definition) is 3. The summed E-state index contributed by atoms with van der Waals surface area (Å²) in [6.45, 7) is 5.88. The number of nitrogens with zero attached hydrogens (tertiary/aromatic N) is 4. The van der Waals surface area contributed by atoms with Crippen LogP contribution in [0.5, 0.6) is 0 Å². The highest BCUT2D eigenvalue weighted by molar-refractivity contribution is 5.88. The van der Waals surface area contributed by atoms with E-state index in [2.05, 4.69) is 27.8 Å². The quantitative estimate of drug-likeness (QED) is 0.598. The smallest absolute Gasteiger partial charge is 0.144 e. The average molecular weight is 343 g/mol. The molecule has 0 aliphatic heterocycles. The Morgan fingerprint density at radius 2 is 1.92 bits per heavy atom. The largest absolute Gasteiger partial charge is 0.291 e. The summed E-state index contributed by atoms with van der Waals surface area (Å²) in [5, 5.41) is 16.7. The van der Waals surface area contributed by atoms with Crippen molar-refractivity contribution in [2.45, 2.75) is 6.92 Å². The first-order chi connectivity index (χ1) is 12.6. The molecule has 1 aromatic carbocycles. The summed E-state index contributed by atoms with van der Waals surface area (Å²) in [6.07, 6.45) is 3.39. The number of nitriles is 1. The first-order valence-corrected chi connectivity index (χ1v) is 7.96. The molecule has 0 aliphatic carbocycles. The molecule has 5 nitrogen and oxygen atoms in total. The van der Waals surface area contributed by atoms with Gasteiger partial charge >= 0.3 is 0 Å². The summed E-state index contributed by atoms with van der Waals surface area (Å²) in [6, 6.07) is 12.1. The predicted octanol–water partition coefficient (Wildman–Crippen LogP) is 4.44. The number of fused-ring (bicyclic) bond motifs is 1. The van der Waals surface area contributed by atoms with Crippen LogP contribution in [0.15, 0.2) is 55.4 Å². The molecule has 0 amide bonds. The van der Waals surface area contributed by atoms with E-state index in [9.17, 15) is 9.65 Å². The van der Waals surface area contributed by atoms with E-state index in [-0.39, 0.29) is 5.82 Å². The first kappa shape index (κ1) is 15.8. The number of halogens is 1. The van der Waals surface area contributed by atoms with Crippen LogP contribution in [0.4, 0.5) is 4.39 Å². The third-order valence-electron chi connectivity index (χ3n) is 4.21. The van der Waals surface area contributed by atoms with Crippen LogP contribution >= 0.6 is 0 Å². The van der Waals surface area contributed by atoms with Gasteiger partial charge in [-0.1, -0.05) is 6.58 Å². The van der Waals surface area contributed by atoms with E-state index in [1.807, 2.05) is 25.3 Å². The highest BCUT2D eigenvalue weighted by Gasteiger charge is 2.18. The molecule has 0 aliphatic rings. The molecule has 6 heteroatoms. The van der Waals surface area contributed by atoms with Gasteiger partial charge in [0.15, 0.2) is 0 Å². The molecule has 0 atom stereocenters. The molecule has 126 valence electrons. The van der Waals surface area contributed by atoms with Gasteiger partial charge in [0.25, 0.3) is 0 Å². The van der Waals surface area contributed by atoms with Crippen molar-refractivity contribution in [3.8, 4) is 28.5 Å². The maximum Gasteiger partial charge on any atom is 0.144 e. The third-order valence-corrected chi connectivity index (χ3v) is 4.21. The standard InChI is InChI=1S/C20H14FN5/c1-12(2)19-18(20(25-24-19)13-3-6-15(21)7-4-13)14-5-8-17-23-10-16(9-22)26(17)11-14/h3-8,10-11H,1H2,2H3,(H,24,25). The Morgan fingerprint density at radius 1 is 1.19 bits per heavy atom. The van der Waals surface area contributed by atoms with Gasteiger partial charge in [0.1, 0.15) is 23.2 Å². The lowest BCUT2D eigenvalue weighted by Gasteiger charge is -2.08. The van der Waals surface area contributed by atoms with E-state index in [0.29, 0.717) is 11.3 Å². The highest BCUT2D eigenvalue weighted by atomic mass is 19.1. The molecule has 0 spiro atoms. The van der Waals surface area contributed by atoms with Crippen LogP contribution in [0.3, 0.4) is 0 Å². The van der Waals surface area contributed by atoms with Gasteiger partial charge in [0, 0.05) is 22.9 Å². The zero-order valence-corrected chi connectivity index (χ0v) is 14.0. The van der Waals surface area contributed by atoms with Gasteiger partial charge in [0.2, 0.25) is 0 Å². The lowest BCUT2D eigenvalue weighted by molar-refractivity contribution is 0.628. The zero-order valence-electron chi connectivity index (χ0n) is 14.0. The van der Waals surface area contributed by atoms with Gasteiger partial charge in [-0.05, 0) is 48.9 Å². The van der Waals surface area contributed by atoms with Crippen LogP contribution in [0, 0.1) is 17.1 Å². The zero-order chi connectivity index (χ0) is 18.3. The summed E-state index contributed by atoms with van der Waals surface area (Å²) in [5.41, 5.74) is 5.95. The molecule has 3 heterocycles. The predicted molar refractivity (Wildman–Crippen MR) is 97.6 cm³/mol. The van der Waals surface area contributed by atoms with Gasteiger partial charge in [-0.15, -0.1) is 0 Å². The number of hydrogen-bond donors (Lipinski definition) is 1. The maximum absolute atomic E-state index is 13.3. The minimum Gasteiger partial charge on any atom is -0.291 e. The number of nitrogens with one attached hydrogen (secondary N) is 1.